The van der Waals surface area contributed by atoms with Gasteiger partial charge in [-0.2, -0.15) is 0 Å². The van der Waals surface area contributed by atoms with E-state index in [4.69, 9.17) is 22.3 Å². The average Bonchev–Trinajstić information content (AvgIpc) is 2.77. The molecule has 2 aromatic heterocycles. The summed E-state index contributed by atoms with van der Waals surface area (Å²) < 4.78 is 0. The van der Waals surface area contributed by atoms with Gasteiger partial charge in [0, 0.05) is 37.4 Å². The topological polar surface area (TPSA) is 67.1 Å². The summed E-state index contributed by atoms with van der Waals surface area (Å²) in [5.41, 5.74) is 8.99. The fourth-order valence-corrected chi connectivity index (χ4v) is 4.11. The van der Waals surface area contributed by atoms with Crippen molar-refractivity contribution in [2.45, 2.75) is 44.3 Å². The Labute approximate surface area is 183 Å². The largest absolute Gasteiger partial charge is 0.367 e. The van der Waals surface area contributed by atoms with Crippen LogP contribution in [0.25, 0.3) is 11.3 Å². The number of hydrogen-bond donors (Lipinski definition) is 2. The van der Waals surface area contributed by atoms with Crippen LogP contribution < -0.4 is 16.0 Å². The van der Waals surface area contributed by atoms with Gasteiger partial charge in [-0.3, -0.25) is 0 Å². The lowest BCUT2D eigenvalue weighted by atomic mass is 9.92. The molecule has 1 aromatic carbocycles. The van der Waals surface area contributed by atoms with E-state index in [1.807, 2.05) is 37.4 Å². The van der Waals surface area contributed by atoms with Gasteiger partial charge in [-0.1, -0.05) is 48.0 Å². The maximum atomic E-state index is 6.49. The first-order valence-electron chi connectivity index (χ1n) is 10.5. The summed E-state index contributed by atoms with van der Waals surface area (Å²) in [6.45, 7) is 0.790. The van der Waals surface area contributed by atoms with E-state index in [-0.39, 0.29) is 0 Å². The van der Waals surface area contributed by atoms with Gasteiger partial charge in [0.25, 0.3) is 0 Å². The van der Waals surface area contributed by atoms with Gasteiger partial charge in [0.05, 0.1) is 10.7 Å². The predicted octanol–water partition coefficient (Wildman–Crippen LogP) is 5.12. The van der Waals surface area contributed by atoms with Crippen LogP contribution in [0.5, 0.6) is 0 Å². The van der Waals surface area contributed by atoms with Crippen molar-refractivity contribution in [1.82, 2.24) is 9.97 Å². The van der Waals surface area contributed by atoms with Crippen LogP contribution in [0.3, 0.4) is 0 Å². The van der Waals surface area contributed by atoms with Crippen molar-refractivity contribution in [3.05, 3.63) is 71.4 Å². The molecule has 0 atom stereocenters. The number of halogens is 1. The van der Waals surface area contributed by atoms with E-state index in [0.29, 0.717) is 17.1 Å². The van der Waals surface area contributed by atoms with Gasteiger partial charge in [-0.25, -0.2) is 9.97 Å². The lowest BCUT2D eigenvalue weighted by Gasteiger charge is -2.27. The lowest BCUT2D eigenvalue weighted by Crippen LogP contribution is -2.33. The van der Waals surface area contributed by atoms with E-state index < -0.39 is 0 Å². The Hall–Kier alpha value is -2.63. The first kappa shape index (κ1) is 20.6. The van der Waals surface area contributed by atoms with Crippen LogP contribution in [-0.4, -0.2) is 29.1 Å². The lowest BCUT2D eigenvalue weighted by molar-refractivity contribution is 0.410. The molecule has 3 N–H and O–H groups in total. The zero-order valence-corrected chi connectivity index (χ0v) is 18.0. The highest BCUT2D eigenvalue weighted by molar-refractivity contribution is 6.33. The minimum atomic E-state index is 0.330. The minimum Gasteiger partial charge on any atom is -0.367 e. The van der Waals surface area contributed by atoms with E-state index >= 15 is 0 Å². The molecule has 0 unspecified atom stereocenters. The molecular weight excluding hydrogens is 394 g/mol. The van der Waals surface area contributed by atoms with Crippen molar-refractivity contribution in [3.8, 4) is 11.3 Å². The van der Waals surface area contributed by atoms with Crippen LogP contribution in [0, 0.1) is 0 Å². The van der Waals surface area contributed by atoms with Gasteiger partial charge in [-0.05, 0) is 49.4 Å². The number of nitrogens with zero attached hydrogens (tertiary/aromatic N) is 3. The van der Waals surface area contributed by atoms with Gasteiger partial charge in [0.15, 0.2) is 0 Å². The molecule has 0 aliphatic heterocycles. The van der Waals surface area contributed by atoms with Crippen molar-refractivity contribution in [2.75, 3.05) is 17.3 Å². The van der Waals surface area contributed by atoms with Crippen LogP contribution in [0.15, 0.2) is 60.8 Å². The first-order valence-corrected chi connectivity index (χ1v) is 10.9. The molecule has 1 aliphatic rings. The first-order chi connectivity index (χ1) is 14.6. The molecule has 0 radical (unpaired) electrons. The molecule has 5 nitrogen and oxygen atoms in total. The molecule has 0 amide bonds. The summed E-state index contributed by atoms with van der Waals surface area (Å²) in [7, 11) is 2.05. The third-order valence-corrected chi connectivity index (χ3v) is 5.94. The summed E-state index contributed by atoms with van der Waals surface area (Å²) >= 11 is 6.49. The van der Waals surface area contributed by atoms with E-state index in [0.717, 1.165) is 55.1 Å². The Balaban J connectivity index is 1.52. The number of nitrogens with two attached hydrogens (primary N) is 1. The normalized spacial score (nSPS) is 18.8. The highest BCUT2D eigenvalue weighted by Gasteiger charge is 2.19. The van der Waals surface area contributed by atoms with E-state index in [1.54, 1.807) is 6.20 Å². The molecule has 0 spiro atoms. The quantitative estimate of drug-likeness (QED) is 0.578. The number of aromatic nitrogens is 2. The Bertz CT molecular complexity index is 970. The SMILES string of the molecule is CN(Cc1ccccc1)c1cccc(-c2cc(N[C@H]3CC[C@H](N)CC3)ncc2Cl)n1. The standard InChI is InChI=1S/C24H28ClN5/c1-30(16-17-6-3-2-4-7-17)24-9-5-8-22(29-24)20-14-23(27-15-21(20)25)28-19-12-10-18(26)11-13-19/h2-9,14-15,18-19H,10-13,16,26H2,1H3,(H,27,28)/t18-,19-. The fraction of sp³-hybridized carbons (Fsp3) is 0.333. The molecule has 156 valence electrons. The second-order valence-corrected chi connectivity index (χ2v) is 8.44. The highest BCUT2D eigenvalue weighted by Crippen LogP contribution is 2.30. The smallest absolute Gasteiger partial charge is 0.129 e. The number of nitrogens with one attached hydrogen (secondary N) is 1. The fourth-order valence-electron chi connectivity index (χ4n) is 3.91. The molecule has 1 saturated carbocycles. The van der Waals surface area contributed by atoms with E-state index in [9.17, 15) is 0 Å². The Morgan fingerprint density at radius 1 is 1.07 bits per heavy atom. The highest BCUT2D eigenvalue weighted by atomic mass is 35.5. The Morgan fingerprint density at radius 2 is 1.83 bits per heavy atom. The average molecular weight is 422 g/mol. The van der Waals surface area contributed by atoms with Crippen LogP contribution in [-0.2, 0) is 6.54 Å². The molecule has 2 heterocycles. The summed E-state index contributed by atoms with van der Waals surface area (Å²) in [5, 5.41) is 4.14. The predicted molar refractivity (Wildman–Crippen MR) is 125 cm³/mol. The molecule has 0 bridgehead atoms. The number of hydrogen-bond acceptors (Lipinski definition) is 5. The molecule has 4 rings (SSSR count). The molecule has 0 saturated heterocycles. The molecule has 1 aliphatic carbocycles. The van der Waals surface area contributed by atoms with Gasteiger partial charge in [0.2, 0.25) is 0 Å². The number of anilines is 2. The minimum absolute atomic E-state index is 0.330. The second-order valence-electron chi connectivity index (χ2n) is 8.03. The Kier molecular flexibility index (Phi) is 6.50. The number of pyridine rings is 2. The number of rotatable bonds is 6. The van der Waals surface area contributed by atoms with Gasteiger partial charge < -0.3 is 16.0 Å². The summed E-state index contributed by atoms with van der Waals surface area (Å²) in [4.78, 5) is 11.5. The van der Waals surface area contributed by atoms with Crippen LogP contribution >= 0.6 is 11.6 Å². The van der Waals surface area contributed by atoms with Crippen molar-refractivity contribution in [1.29, 1.82) is 0 Å². The van der Waals surface area contributed by atoms with Crippen molar-refractivity contribution in [2.24, 2.45) is 5.73 Å². The maximum absolute atomic E-state index is 6.49. The molecule has 1 fully saturated rings. The second kappa shape index (κ2) is 9.45. The van der Waals surface area contributed by atoms with Crippen molar-refractivity contribution >= 4 is 23.2 Å². The number of benzene rings is 1. The zero-order valence-electron chi connectivity index (χ0n) is 17.3. The van der Waals surface area contributed by atoms with E-state index in [2.05, 4.69) is 39.5 Å². The summed E-state index contributed by atoms with van der Waals surface area (Å²) in [6, 6.07) is 19.1. The van der Waals surface area contributed by atoms with Crippen LogP contribution in [0.2, 0.25) is 5.02 Å². The van der Waals surface area contributed by atoms with Gasteiger partial charge in [0.1, 0.15) is 11.6 Å². The maximum Gasteiger partial charge on any atom is 0.129 e. The van der Waals surface area contributed by atoms with Crippen LogP contribution in [0.1, 0.15) is 31.2 Å². The van der Waals surface area contributed by atoms with Crippen LogP contribution in [0.4, 0.5) is 11.6 Å². The molecular formula is C24H28ClN5. The third kappa shape index (κ3) is 5.10. The monoisotopic (exact) mass is 421 g/mol. The zero-order chi connectivity index (χ0) is 20.9. The van der Waals surface area contributed by atoms with Crippen molar-refractivity contribution in [3.63, 3.8) is 0 Å². The van der Waals surface area contributed by atoms with Gasteiger partial charge in [-0.15, -0.1) is 0 Å². The summed E-state index contributed by atoms with van der Waals surface area (Å²) in [5.74, 6) is 1.74. The van der Waals surface area contributed by atoms with Crippen molar-refractivity contribution < 1.29 is 0 Å². The van der Waals surface area contributed by atoms with Gasteiger partial charge >= 0.3 is 0 Å². The third-order valence-electron chi connectivity index (χ3n) is 5.64. The molecule has 30 heavy (non-hydrogen) atoms. The van der Waals surface area contributed by atoms with E-state index in [1.165, 1.54) is 5.56 Å². The summed E-state index contributed by atoms with van der Waals surface area (Å²) in [6.07, 6.45) is 5.94. The molecule has 3 aromatic rings. The Morgan fingerprint density at radius 3 is 2.60 bits per heavy atom. The molecule has 6 heteroatoms.